The van der Waals surface area contributed by atoms with Gasteiger partial charge in [0.1, 0.15) is 6.04 Å². The molecule has 0 amide bonds. The number of nitrogens with zero attached hydrogens (tertiary/aromatic N) is 2. The third-order valence-corrected chi connectivity index (χ3v) is 8.55. The Balaban J connectivity index is 1.69. The second kappa shape index (κ2) is 5.85. The van der Waals surface area contributed by atoms with Gasteiger partial charge >= 0.3 is 0 Å². The van der Waals surface area contributed by atoms with Crippen molar-refractivity contribution in [1.82, 2.24) is 0 Å². The average molecular weight is 342 g/mol. The Morgan fingerprint density at radius 3 is 2.52 bits per heavy atom. The Kier molecular flexibility index (Phi) is 4.01. The number of hydrogen-bond donors (Lipinski definition) is 0. The zero-order valence-electron chi connectivity index (χ0n) is 15.7. The second-order valence-electron chi connectivity index (χ2n) is 9.32. The monoisotopic (exact) mass is 342 g/mol. The molecule has 3 saturated carbocycles. The van der Waals surface area contributed by atoms with Gasteiger partial charge < -0.3 is 0 Å². The first-order valence-electron chi connectivity index (χ1n) is 9.99. The fourth-order valence-corrected chi connectivity index (χ4v) is 7.22. The maximum atomic E-state index is 11.4. The van der Waals surface area contributed by atoms with Crippen LogP contribution in [0.1, 0.15) is 65.7 Å². The Bertz CT molecular complexity index is 654. The first-order valence-corrected chi connectivity index (χ1v) is 9.99. The van der Waals surface area contributed by atoms with Gasteiger partial charge in [-0.15, -0.1) is 0 Å². The van der Waals surface area contributed by atoms with E-state index in [4.69, 9.17) is 0 Å². The van der Waals surface area contributed by atoms with Gasteiger partial charge in [0.25, 0.3) is 0 Å². The standard InChI is InChI=1S/C21H30N2O2/c1-4-16-19(23-25)12-18-15-6-5-13-11-14(22-24)7-9-20(13,2)17(15)8-10-21(16,18)3/h4-5,14-15,17-19H,6-12H2,1-3H3/b16-4-/t14-,15?,17?,18?,19+,20-,21+/m0/s1. The van der Waals surface area contributed by atoms with Gasteiger partial charge in [-0.25, -0.2) is 0 Å². The highest BCUT2D eigenvalue weighted by molar-refractivity contribution is 5.32. The molecular weight excluding hydrogens is 312 g/mol. The zero-order chi connectivity index (χ0) is 17.8. The number of allylic oxidation sites excluding steroid dienone is 2. The first-order chi connectivity index (χ1) is 12.0. The zero-order valence-corrected chi connectivity index (χ0v) is 15.7. The molecule has 4 aliphatic rings. The topological polar surface area (TPSA) is 58.9 Å². The van der Waals surface area contributed by atoms with E-state index in [-0.39, 0.29) is 22.9 Å². The molecule has 3 unspecified atom stereocenters. The van der Waals surface area contributed by atoms with Gasteiger partial charge in [0, 0.05) is 0 Å². The molecule has 0 heterocycles. The van der Waals surface area contributed by atoms with Crippen LogP contribution >= 0.6 is 0 Å². The van der Waals surface area contributed by atoms with Crippen molar-refractivity contribution in [2.45, 2.75) is 77.8 Å². The summed E-state index contributed by atoms with van der Waals surface area (Å²) >= 11 is 0. The van der Waals surface area contributed by atoms with Gasteiger partial charge in [-0.05, 0) is 86.0 Å². The van der Waals surface area contributed by atoms with E-state index < -0.39 is 0 Å². The normalized spacial score (nSPS) is 50.4. The minimum atomic E-state index is -0.119. The molecule has 0 aromatic carbocycles. The third kappa shape index (κ3) is 2.25. The van der Waals surface area contributed by atoms with E-state index in [0.29, 0.717) is 17.8 Å². The van der Waals surface area contributed by atoms with Crippen LogP contribution < -0.4 is 0 Å². The van der Waals surface area contributed by atoms with Crippen LogP contribution in [0.4, 0.5) is 0 Å². The van der Waals surface area contributed by atoms with Crippen molar-refractivity contribution in [2.24, 2.45) is 38.9 Å². The van der Waals surface area contributed by atoms with Gasteiger partial charge in [-0.2, -0.15) is 9.81 Å². The molecule has 136 valence electrons. The van der Waals surface area contributed by atoms with Crippen molar-refractivity contribution in [2.75, 3.05) is 0 Å². The van der Waals surface area contributed by atoms with E-state index >= 15 is 0 Å². The summed E-state index contributed by atoms with van der Waals surface area (Å²) in [6.45, 7) is 6.88. The van der Waals surface area contributed by atoms with E-state index in [2.05, 4.69) is 43.3 Å². The minimum Gasteiger partial charge on any atom is -0.151 e. The lowest BCUT2D eigenvalue weighted by Crippen LogP contribution is -2.49. The van der Waals surface area contributed by atoms with E-state index in [9.17, 15) is 9.81 Å². The summed E-state index contributed by atoms with van der Waals surface area (Å²) in [6.07, 6.45) is 11.9. The van der Waals surface area contributed by atoms with Gasteiger partial charge in [-0.1, -0.05) is 41.9 Å². The SMILES string of the molecule is C/C=C1/[C@H](N=O)CC2C3CC=C4C[C@@H](N=O)CC[C@]4(C)C3CC[C@]12C. The lowest BCUT2D eigenvalue weighted by atomic mass is 9.47. The third-order valence-electron chi connectivity index (χ3n) is 8.55. The Morgan fingerprint density at radius 2 is 1.84 bits per heavy atom. The van der Waals surface area contributed by atoms with Crippen LogP contribution in [0.5, 0.6) is 0 Å². The molecule has 0 radical (unpaired) electrons. The Labute approximate surface area is 150 Å². The van der Waals surface area contributed by atoms with Crippen molar-refractivity contribution in [3.63, 3.8) is 0 Å². The first kappa shape index (κ1) is 17.1. The number of nitroso groups, excluding NO2 is 2. The molecule has 3 fully saturated rings. The van der Waals surface area contributed by atoms with E-state index in [1.165, 1.54) is 24.0 Å². The van der Waals surface area contributed by atoms with E-state index in [0.717, 1.165) is 32.1 Å². The van der Waals surface area contributed by atoms with Gasteiger partial charge in [0.2, 0.25) is 0 Å². The Hall–Kier alpha value is -1.32. The predicted molar refractivity (Wildman–Crippen MR) is 100 cm³/mol. The molecule has 4 aliphatic carbocycles. The molecular formula is C21H30N2O2. The summed E-state index contributed by atoms with van der Waals surface area (Å²) in [4.78, 5) is 22.5. The number of rotatable bonds is 2. The van der Waals surface area contributed by atoms with Crippen molar-refractivity contribution >= 4 is 0 Å². The Morgan fingerprint density at radius 1 is 1.08 bits per heavy atom. The maximum absolute atomic E-state index is 11.4. The molecule has 0 spiro atoms. The maximum Gasteiger partial charge on any atom is 0.114 e. The average Bonchev–Trinajstić information content (AvgIpc) is 2.92. The van der Waals surface area contributed by atoms with Crippen molar-refractivity contribution in [3.8, 4) is 0 Å². The second-order valence-corrected chi connectivity index (χ2v) is 9.32. The molecule has 7 atom stereocenters. The van der Waals surface area contributed by atoms with E-state index in [1.807, 2.05) is 0 Å². The van der Waals surface area contributed by atoms with Crippen LogP contribution in [0.25, 0.3) is 0 Å². The molecule has 0 aromatic rings. The molecule has 0 bridgehead atoms. The van der Waals surface area contributed by atoms with Crippen LogP contribution in [0.15, 0.2) is 33.7 Å². The molecule has 0 N–H and O–H groups in total. The molecule has 0 aromatic heterocycles. The van der Waals surface area contributed by atoms with Crippen molar-refractivity contribution < 1.29 is 0 Å². The molecule has 0 aliphatic heterocycles. The largest absolute Gasteiger partial charge is 0.151 e. The van der Waals surface area contributed by atoms with Crippen LogP contribution in [-0.2, 0) is 0 Å². The summed E-state index contributed by atoms with van der Waals surface area (Å²) in [5.41, 5.74) is 3.16. The fraction of sp³-hybridized carbons (Fsp3) is 0.810. The molecule has 0 saturated heterocycles. The predicted octanol–water partition coefficient (Wildman–Crippen LogP) is 5.78. The smallest absolute Gasteiger partial charge is 0.114 e. The van der Waals surface area contributed by atoms with Gasteiger partial charge in [0.15, 0.2) is 0 Å². The fourth-order valence-electron chi connectivity index (χ4n) is 7.22. The van der Waals surface area contributed by atoms with E-state index in [1.54, 1.807) is 0 Å². The van der Waals surface area contributed by atoms with Gasteiger partial charge in [0.05, 0.1) is 6.04 Å². The summed E-state index contributed by atoms with van der Waals surface area (Å²) in [5.74, 6) is 1.90. The van der Waals surface area contributed by atoms with Crippen molar-refractivity contribution in [3.05, 3.63) is 33.1 Å². The summed E-state index contributed by atoms with van der Waals surface area (Å²) in [6, 6.07) is -0.138. The lowest BCUT2D eigenvalue weighted by Gasteiger charge is -2.57. The van der Waals surface area contributed by atoms with Crippen LogP contribution in [0.3, 0.4) is 0 Å². The number of fused-ring (bicyclic) bond motifs is 5. The van der Waals surface area contributed by atoms with Crippen LogP contribution in [-0.4, -0.2) is 12.1 Å². The summed E-state index contributed by atoms with van der Waals surface area (Å²) < 4.78 is 0. The highest BCUT2D eigenvalue weighted by atomic mass is 16.3. The molecule has 25 heavy (non-hydrogen) atoms. The summed E-state index contributed by atoms with van der Waals surface area (Å²) in [5, 5.41) is 6.82. The molecule has 4 nitrogen and oxygen atoms in total. The highest BCUT2D eigenvalue weighted by Crippen LogP contribution is 2.66. The summed E-state index contributed by atoms with van der Waals surface area (Å²) in [7, 11) is 0. The van der Waals surface area contributed by atoms with Crippen LogP contribution in [0.2, 0.25) is 0 Å². The van der Waals surface area contributed by atoms with Crippen LogP contribution in [0, 0.1) is 38.4 Å². The molecule has 4 rings (SSSR count). The molecule has 4 heteroatoms. The minimum absolute atomic E-state index is 0.0190. The van der Waals surface area contributed by atoms with Gasteiger partial charge in [-0.3, -0.25) is 0 Å². The number of hydrogen-bond acceptors (Lipinski definition) is 4. The van der Waals surface area contributed by atoms with Crippen molar-refractivity contribution in [1.29, 1.82) is 0 Å². The lowest BCUT2D eigenvalue weighted by molar-refractivity contribution is -0.0151. The quantitative estimate of drug-likeness (QED) is 0.472. The highest BCUT2D eigenvalue weighted by Gasteiger charge is 2.59.